The Labute approximate surface area is 127 Å². The second-order valence-electron chi connectivity index (χ2n) is 4.85. The van der Waals surface area contributed by atoms with Crippen molar-refractivity contribution in [3.8, 4) is 0 Å². The molecular weight excluding hydrogens is 296 g/mol. The second kappa shape index (κ2) is 6.54. The molecule has 1 N–H and O–H groups in total. The van der Waals surface area contributed by atoms with Crippen molar-refractivity contribution in [1.29, 1.82) is 0 Å². The minimum Gasteiger partial charge on any atom is -0.313 e. The van der Waals surface area contributed by atoms with Crippen molar-refractivity contribution in [3.63, 3.8) is 0 Å². The number of hydrogen-bond donors (Lipinski definition) is 1. The molecule has 114 valence electrons. The number of aryl methyl sites for hydroxylation is 2. The van der Waals surface area contributed by atoms with E-state index in [1.807, 2.05) is 13.8 Å². The molecule has 0 aliphatic carbocycles. The Morgan fingerprint density at radius 2 is 2.10 bits per heavy atom. The summed E-state index contributed by atoms with van der Waals surface area (Å²) >= 11 is 6.27. The normalized spacial score (nSPS) is 12.7. The Kier molecular flexibility index (Phi) is 4.96. The fraction of sp³-hybridized carbons (Fsp3) is 0.400. The SMILES string of the molecule is CCn1nc(C)c(Cl)c1CC(NC)c1cccc(F)c1F. The lowest BCUT2D eigenvalue weighted by Gasteiger charge is -2.18. The number of rotatable bonds is 5. The molecule has 1 atom stereocenters. The van der Waals surface area contributed by atoms with Crippen LogP contribution in [-0.2, 0) is 13.0 Å². The van der Waals surface area contributed by atoms with Crippen molar-refractivity contribution in [2.24, 2.45) is 0 Å². The number of nitrogens with one attached hydrogen (secondary N) is 1. The third kappa shape index (κ3) is 3.09. The Hall–Kier alpha value is -1.46. The first-order valence-electron chi connectivity index (χ1n) is 6.82. The summed E-state index contributed by atoms with van der Waals surface area (Å²) in [5.41, 5.74) is 1.85. The molecule has 0 saturated heterocycles. The molecule has 2 rings (SSSR count). The lowest BCUT2D eigenvalue weighted by molar-refractivity contribution is 0.466. The van der Waals surface area contributed by atoms with Crippen LogP contribution in [0.1, 0.15) is 29.9 Å². The maximum atomic E-state index is 14.0. The quantitative estimate of drug-likeness (QED) is 0.913. The van der Waals surface area contributed by atoms with E-state index in [0.29, 0.717) is 18.0 Å². The van der Waals surface area contributed by atoms with E-state index < -0.39 is 11.6 Å². The highest BCUT2D eigenvalue weighted by Crippen LogP contribution is 2.27. The fourth-order valence-corrected chi connectivity index (χ4v) is 2.63. The Morgan fingerprint density at radius 1 is 1.38 bits per heavy atom. The molecule has 3 nitrogen and oxygen atoms in total. The van der Waals surface area contributed by atoms with Crippen LogP contribution in [0.3, 0.4) is 0 Å². The predicted molar refractivity (Wildman–Crippen MR) is 79.5 cm³/mol. The summed E-state index contributed by atoms with van der Waals surface area (Å²) in [6, 6.07) is 3.81. The van der Waals surface area contributed by atoms with Gasteiger partial charge >= 0.3 is 0 Å². The smallest absolute Gasteiger partial charge is 0.163 e. The van der Waals surface area contributed by atoms with Gasteiger partial charge < -0.3 is 5.32 Å². The molecule has 0 amide bonds. The van der Waals surface area contributed by atoms with Crippen LogP contribution in [-0.4, -0.2) is 16.8 Å². The van der Waals surface area contributed by atoms with Gasteiger partial charge in [-0.05, 0) is 27.0 Å². The zero-order valence-electron chi connectivity index (χ0n) is 12.3. The predicted octanol–water partition coefficient (Wildman–Crippen LogP) is 3.65. The first-order valence-corrected chi connectivity index (χ1v) is 7.20. The van der Waals surface area contributed by atoms with Gasteiger partial charge in [-0.2, -0.15) is 5.10 Å². The number of aromatic nitrogens is 2. The van der Waals surface area contributed by atoms with Crippen molar-refractivity contribution < 1.29 is 8.78 Å². The van der Waals surface area contributed by atoms with Crippen molar-refractivity contribution in [2.75, 3.05) is 7.05 Å². The number of nitrogens with zero attached hydrogens (tertiary/aromatic N) is 2. The van der Waals surface area contributed by atoms with Gasteiger partial charge in [0, 0.05) is 24.6 Å². The standard InChI is InChI=1S/C15H18ClF2N3/c1-4-21-13(14(16)9(2)20-21)8-12(19-3)10-6-5-7-11(17)15(10)18/h5-7,12,19H,4,8H2,1-3H3. The molecule has 21 heavy (non-hydrogen) atoms. The van der Waals surface area contributed by atoms with Gasteiger partial charge in [-0.3, -0.25) is 4.68 Å². The molecular formula is C15H18ClF2N3. The third-order valence-corrected chi connectivity index (χ3v) is 4.05. The van der Waals surface area contributed by atoms with Crippen LogP contribution in [0.2, 0.25) is 5.02 Å². The molecule has 0 aliphatic rings. The summed E-state index contributed by atoms with van der Waals surface area (Å²) in [5, 5.41) is 7.93. The lowest BCUT2D eigenvalue weighted by Crippen LogP contribution is -2.22. The first kappa shape index (κ1) is 15.9. The molecule has 1 aromatic carbocycles. The molecule has 1 unspecified atom stereocenters. The number of benzene rings is 1. The summed E-state index contributed by atoms with van der Waals surface area (Å²) in [5.74, 6) is -1.67. The average Bonchev–Trinajstić information content (AvgIpc) is 2.75. The lowest BCUT2D eigenvalue weighted by atomic mass is 10.0. The van der Waals surface area contributed by atoms with Crippen LogP contribution in [0.15, 0.2) is 18.2 Å². The van der Waals surface area contributed by atoms with E-state index in [0.717, 1.165) is 17.5 Å². The van der Waals surface area contributed by atoms with Crippen LogP contribution < -0.4 is 5.32 Å². The van der Waals surface area contributed by atoms with E-state index in [9.17, 15) is 8.78 Å². The van der Waals surface area contributed by atoms with Gasteiger partial charge in [0.05, 0.1) is 16.4 Å². The minimum atomic E-state index is -0.848. The number of likely N-dealkylation sites (N-methyl/N-ethyl adjacent to an activating group) is 1. The molecule has 1 heterocycles. The molecule has 2 aromatic rings. The molecule has 0 fully saturated rings. The van der Waals surface area contributed by atoms with Crippen LogP contribution in [0.4, 0.5) is 8.78 Å². The van der Waals surface area contributed by atoms with Crippen LogP contribution in [0.5, 0.6) is 0 Å². The summed E-state index contributed by atoms with van der Waals surface area (Å²) in [7, 11) is 1.71. The van der Waals surface area contributed by atoms with Crippen molar-refractivity contribution in [3.05, 3.63) is 51.8 Å². The van der Waals surface area contributed by atoms with Crippen molar-refractivity contribution in [1.82, 2.24) is 15.1 Å². The second-order valence-corrected chi connectivity index (χ2v) is 5.23. The molecule has 0 aliphatic heterocycles. The average molecular weight is 314 g/mol. The van der Waals surface area contributed by atoms with Gasteiger partial charge in [0.2, 0.25) is 0 Å². The van der Waals surface area contributed by atoms with Crippen molar-refractivity contribution >= 4 is 11.6 Å². The molecule has 6 heteroatoms. The van der Waals surface area contributed by atoms with E-state index in [2.05, 4.69) is 10.4 Å². The Bertz CT molecular complexity index is 640. The maximum absolute atomic E-state index is 14.0. The van der Waals surface area contributed by atoms with Gasteiger partial charge in [-0.1, -0.05) is 23.7 Å². The van der Waals surface area contributed by atoms with Gasteiger partial charge in [-0.15, -0.1) is 0 Å². The maximum Gasteiger partial charge on any atom is 0.163 e. The van der Waals surface area contributed by atoms with Crippen molar-refractivity contribution in [2.45, 2.75) is 32.9 Å². The van der Waals surface area contributed by atoms with Gasteiger partial charge in [0.1, 0.15) is 0 Å². The zero-order chi connectivity index (χ0) is 15.6. The van der Waals surface area contributed by atoms with Crippen LogP contribution >= 0.6 is 11.6 Å². The largest absolute Gasteiger partial charge is 0.313 e. The minimum absolute atomic E-state index is 0.287. The number of halogens is 3. The first-order chi connectivity index (χ1) is 9.99. The van der Waals surface area contributed by atoms with E-state index >= 15 is 0 Å². The fourth-order valence-electron chi connectivity index (χ4n) is 2.41. The monoisotopic (exact) mass is 313 g/mol. The molecule has 0 spiro atoms. The highest BCUT2D eigenvalue weighted by molar-refractivity contribution is 6.31. The molecule has 0 bridgehead atoms. The van der Waals surface area contributed by atoms with Gasteiger partial charge in [-0.25, -0.2) is 8.78 Å². The highest BCUT2D eigenvalue weighted by Gasteiger charge is 2.21. The summed E-state index contributed by atoms with van der Waals surface area (Å²) in [4.78, 5) is 0. The zero-order valence-corrected chi connectivity index (χ0v) is 13.0. The summed E-state index contributed by atoms with van der Waals surface area (Å²) in [6.45, 7) is 4.46. The van der Waals surface area contributed by atoms with E-state index in [1.54, 1.807) is 17.8 Å². The molecule has 0 radical (unpaired) electrons. The topological polar surface area (TPSA) is 29.9 Å². The van der Waals surface area contributed by atoms with E-state index in [1.165, 1.54) is 6.07 Å². The highest BCUT2D eigenvalue weighted by atomic mass is 35.5. The van der Waals surface area contributed by atoms with Crippen LogP contribution in [0.25, 0.3) is 0 Å². The number of hydrogen-bond acceptors (Lipinski definition) is 2. The third-order valence-electron chi connectivity index (χ3n) is 3.56. The van der Waals surface area contributed by atoms with E-state index in [-0.39, 0.29) is 11.6 Å². The van der Waals surface area contributed by atoms with E-state index in [4.69, 9.17) is 11.6 Å². The Morgan fingerprint density at radius 3 is 2.71 bits per heavy atom. The van der Waals surface area contributed by atoms with Crippen LogP contribution in [0, 0.1) is 18.6 Å². The summed E-state index contributed by atoms with van der Waals surface area (Å²) in [6.07, 6.45) is 0.435. The van der Waals surface area contributed by atoms with Gasteiger partial charge in [0.25, 0.3) is 0 Å². The molecule has 0 saturated carbocycles. The molecule has 1 aromatic heterocycles. The Balaban J connectivity index is 2.38. The van der Waals surface area contributed by atoms with Gasteiger partial charge in [0.15, 0.2) is 11.6 Å². The summed E-state index contributed by atoms with van der Waals surface area (Å²) < 4.78 is 29.1.